The summed E-state index contributed by atoms with van der Waals surface area (Å²) in [7, 11) is 0. The first kappa shape index (κ1) is 17.0. The maximum absolute atomic E-state index is 10.5. The summed E-state index contributed by atoms with van der Waals surface area (Å²) >= 11 is 0. The number of likely N-dealkylation sites (tertiary alicyclic amines) is 1. The summed E-state index contributed by atoms with van der Waals surface area (Å²) in [6.07, 6.45) is 10.8. The van der Waals surface area contributed by atoms with Gasteiger partial charge in [-0.05, 0) is 39.0 Å². The Balaban J connectivity index is 1.50. The van der Waals surface area contributed by atoms with E-state index in [4.69, 9.17) is 0 Å². The molecule has 0 aromatic heterocycles. The highest BCUT2D eigenvalue weighted by molar-refractivity contribution is 5.80. The third-order valence-corrected chi connectivity index (χ3v) is 5.81. The quantitative estimate of drug-likeness (QED) is 0.534. The maximum Gasteiger partial charge on any atom is 0.191 e. The van der Waals surface area contributed by atoms with Crippen LogP contribution in [0.4, 0.5) is 0 Å². The first-order valence-electron chi connectivity index (χ1n) is 9.70. The van der Waals surface area contributed by atoms with Crippen molar-refractivity contribution in [3.63, 3.8) is 0 Å². The Morgan fingerprint density at radius 3 is 2.61 bits per heavy atom. The summed E-state index contributed by atoms with van der Waals surface area (Å²) in [5.41, 5.74) is -0.562. The van der Waals surface area contributed by atoms with Gasteiger partial charge in [0.25, 0.3) is 0 Å². The normalized spacial score (nSPS) is 29.3. The molecular formula is C18H34N4O. The summed E-state index contributed by atoms with van der Waals surface area (Å²) in [6.45, 7) is 5.84. The van der Waals surface area contributed by atoms with Crippen molar-refractivity contribution in [3.05, 3.63) is 0 Å². The van der Waals surface area contributed by atoms with E-state index >= 15 is 0 Å². The minimum absolute atomic E-state index is 0.492. The molecular weight excluding hydrogens is 288 g/mol. The van der Waals surface area contributed by atoms with Crippen molar-refractivity contribution in [1.82, 2.24) is 15.5 Å². The number of hydrogen-bond donors (Lipinski definition) is 3. The first-order chi connectivity index (χ1) is 11.2. The number of guanidine groups is 1. The number of nitrogens with zero attached hydrogens (tertiary/aromatic N) is 2. The summed E-state index contributed by atoms with van der Waals surface area (Å²) in [5, 5.41) is 17.4. The van der Waals surface area contributed by atoms with Crippen molar-refractivity contribution in [2.75, 3.05) is 26.2 Å². The van der Waals surface area contributed by atoms with Gasteiger partial charge in [0.1, 0.15) is 0 Å². The van der Waals surface area contributed by atoms with Crippen LogP contribution in [0.1, 0.15) is 64.7 Å². The predicted molar refractivity (Wildman–Crippen MR) is 94.8 cm³/mol. The molecule has 132 valence electrons. The molecule has 0 amide bonds. The fourth-order valence-electron chi connectivity index (χ4n) is 4.44. The van der Waals surface area contributed by atoms with Gasteiger partial charge in [0.05, 0.1) is 12.1 Å². The highest BCUT2D eigenvalue weighted by Gasteiger charge is 2.32. The number of nitrogens with one attached hydrogen (secondary N) is 2. The van der Waals surface area contributed by atoms with Crippen LogP contribution in [0.5, 0.6) is 0 Å². The molecule has 1 saturated heterocycles. The van der Waals surface area contributed by atoms with Crippen LogP contribution in [0.2, 0.25) is 0 Å². The third kappa shape index (κ3) is 4.60. The molecule has 0 bridgehead atoms. The Labute approximate surface area is 140 Å². The van der Waals surface area contributed by atoms with E-state index in [0.29, 0.717) is 12.6 Å². The zero-order chi connectivity index (χ0) is 16.1. The lowest BCUT2D eigenvalue weighted by molar-refractivity contribution is 0.0574. The average Bonchev–Trinajstić information content (AvgIpc) is 3.26. The Kier molecular flexibility index (Phi) is 5.81. The predicted octanol–water partition coefficient (Wildman–Crippen LogP) is 1.86. The van der Waals surface area contributed by atoms with Gasteiger partial charge in [-0.25, -0.2) is 0 Å². The molecule has 1 heterocycles. The van der Waals surface area contributed by atoms with Gasteiger partial charge >= 0.3 is 0 Å². The lowest BCUT2D eigenvalue weighted by Gasteiger charge is -2.24. The smallest absolute Gasteiger partial charge is 0.191 e. The van der Waals surface area contributed by atoms with Gasteiger partial charge in [0.2, 0.25) is 0 Å². The molecule has 0 aromatic carbocycles. The molecule has 1 unspecified atom stereocenters. The first-order valence-corrected chi connectivity index (χ1v) is 9.70. The molecule has 3 N–H and O–H groups in total. The molecule has 2 aliphatic carbocycles. The van der Waals surface area contributed by atoms with Crippen LogP contribution < -0.4 is 10.6 Å². The van der Waals surface area contributed by atoms with Crippen LogP contribution in [-0.2, 0) is 0 Å². The van der Waals surface area contributed by atoms with Crippen molar-refractivity contribution >= 4 is 5.96 Å². The lowest BCUT2D eigenvalue weighted by Crippen LogP contribution is -2.46. The Morgan fingerprint density at radius 1 is 1.17 bits per heavy atom. The van der Waals surface area contributed by atoms with Gasteiger partial charge in [0.15, 0.2) is 5.96 Å². The Morgan fingerprint density at radius 2 is 1.91 bits per heavy atom. The van der Waals surface area contributed by atoms with Gasteiger partial charge < -0.3 is 15.7 Å². The van der Waals surface area contributed by atoms with E-state index in [1.54, 1.807) is 0 Å². The van der Waals surface area contributed by atoms with Crippen molar-refractivity contribution < 1.29 is 5.11 Å². The Bertz CT molecular complexity index is 400. The van der Waals surface area contributed by atoms with Crippen LogP contribution in [-0.4, -0.2) is 59.8 Å². The molecule has 5 nitrogen and oxygen atoms in total. The molecule has 23 heavy (non-hydrogen) atoms. The summed E-state index contributed by atoms with van der Waals surface area (Å²) < 4.78 is 0. The number of aliphatic hydroxyl groups is 1. The second kappa shape index (κ2) is 7.84. The van der Waals surface area contributed by atoms with Crippen molar-refractivity contribution in [1.29, 1.82) is 0 Å². The maximum atomic E-state index is 10.5. The van der Waals surface area contributed by atoms with E-state index in [1.165, 1.54) is 38.6 Å². The van der Waals surface area contributed by atoms with E-state index < -0.39 is 5.60 Å². The summed E-state index contributed by atoms with van der Waals surface area (Å²) in [6, 6.07) is 1.31. The van der Waals surface area contributed by atoms with E-state index in [0.717, 1.165) is 50.8 Å². The molecule has 0 radical (unpaired) electrons. The average molecular weight is 322 g/mol. The van der Waals surface area contributed by atoms with Crippen LogP contribution in [0.3, 0.4) is 0 Å². The highest BCUT2D eigenvalue weighted by Crippen LogP contribution is 2.29. The monoisotopic (exact) mass is 322 g/mol. The second-order valence-electron chi connectivity index (χ2n) is 7.69. The minimum Gasteiger partial charge on any atom is -0.388 e. The zero-order valence-electron chi connectivity index (χ0n) is 14.7. The summed E-state index contributed by atoms with van der Waals surface area (Å²) in [5.74, 6) is 0.881. The fraction of sp³-hybridized carbons (Fsp3) is 0.944. The van der Waals surface area contributed by atoms with Crippen LogP contribution in [0.15, 0.2) is 4.99 Å². The molecule has 2 saturated carbocycles. The topological polar surface area (TPSA) is 59.9 Å². The largest absolute Gasteiger partial charge is 0.388 e. The van der Waals surface area contributed by atoms with Gasteiger partial charge in [-0.3, -0.25) is 9.89 Å². The highest BCUT2D eigenvalue weighted by atomic mass is 16.3. The van der Waals surface area contributed by atoms with Crippen LogP contribution in [0.25, 0.3) is 0 Å². The third-order valence-electron chi connectivity index (χ3n) is 5.81. The molecule has 1 atom stereocenters. The minimum atomic E-state index is -0.562. The fourth-order valence-corrected chi connectivity index (χ4v) is 4.44. The zero-order valence-corrected chi connectivity index (χ0v) is 14.7. The molecule has 3 aliphatic rings. The molecule has 3 fully saturated rings. The van der Waals surface area contributed by atoms with Gasteiger partial charge in [-0.1, -0.05) is 25.7 Å². The SMILES string of the molecule is CCNC(=NCC1(O)CCCC1)NC1CCN(C2CCCC2)C1. The van der Waals surface area contributed by atoms with E-state index in [1.807, 2.05) is 0 Å². The standard InChI is InChI=1S/C18H34N4O/c1-2-19-17(20-14-18(23)10-5-6-11-18)21-15-9-12-22(13-15)16-7-3-4-8-16/h15-16,23H,2-14H2,1H3,(H2,19,20,21). The van der Waals surface area contributed by atoms with E-state index in [9.17, 15) is 5.11 Å². The molecule has 1 aliphatic heterocycles. The molecule has 0 aromatic rings. The number of hydrogen-bond acceptors (Lipinski definition) is 3. The Hall–Kier alpha value is -0.810. The van der Waals surface area contributed by atoms with E-state index in [-0.39, 0.29) is 0 Å². The van der Waals surface area contributed by atoms with Gasteiger partial charge in [0, 0.05) is 31.7 Å². The second-order valence-corrected chi connectivity index (χ2v) is 7.69. The number of aliphatic imine (C=N–C) groups is 1. The van der Waals surface area contributed by atoms with Gasteiger partial charge in [-0.2, -0.15) is 0 Å². The van der Waals surface area contributed by atoms with E-state index in [2.05, 4.69) is 27.4 Å². The van der Waals surface area contributed by atoms with Crippen molar-refractivity contribution in [2.24, 2.45) is 4.99 Å². The van der Waals surface area contributed by atoms with Crippen molar-refractivity contribution in [3.8, 4) is 0 Å². The molecule has 5 heteroatoms. The molecule has 3 rings (SSSR count). The number of rotatable bonds is 5. The molecule has 0 spiro atoms. The van der Waals surface area contributed by atoms with Crippen molar-refractivity contribution in [2.45, 2.75) is 82.4 Å². The lowest BCUT2D eigenvalue weighted by atomic mass is 10.0. The van der Waals surface area contributed by atoms with Gasteiger partial charge in [-0.15, -0.1) is 0 Å². The van der Waals surface area contributed by atoms with Crippen LogP contribution >= 0.6 is 0 Å². The summed E-state index contributed by atoms with van der Waals surface area (Å²) in [4.78, 5) is 7.34. The van der Waals surface area contributed by atoms with Crippen LogP contribution in [0, 0.1) is 0 Å².